The van der Waals surface area contributed by atoms with Crippen molar-refractivity contribution < 1.29 is 4.74 Å². The van der Waals surface area contributed by atoms with Crippen LogP contribution in [0, 0.1) is 5.92 Å². The first-order chi connectivity index (χ1) is 7.83. The maximum atomic E-state index is 5.83. The van der Waals surface area contributed by atoms with E-state index in [1.165, 1.54) is 0 Å². The van der Waals surface area contributed by atoms with Gasteiger partial charge < -0.3 is 10.5 Å². The second kappa shape index (κ2) is 3.75. The molecule has 2 aromatic rings. The van der Waals surface area contributed by atoms with E-state index >= 15 is 0 Å². The molecule has 5 nitrogen and oxygen atoms in total. The predicted octanol–water partition coefficient (Wildman–Crippen LogP) is 0.890. The number of nitrogens with zero attached hydrogens (tertiary/aromatic N) is 3. The van der Waals surface area contributed by atoms with Crippen LogP contribution in [0.2, 0.25) is 0 Å². The number of fused-ring (bicyclic) bond motifs is 1. The Morgan fingerprint density at radius 2 is 2.50 bits per heavy atom. The van der Waals surface area contributed by atoms with Crippen LogP contribution in [-0.4, -0.2) is 27.8 Å². The second-order valence-electron chi connectivity index (χ2n) is 4.19. The molecule has 2 aromatic heterocycles. The first-order valence-corrected chi connectivity index (χ1v) is 5.50. The van der Waals surface area contributed by atoms with Gasteiger partial charge in [-0.3, -0.25) is 0 Å². The largest absolute Gasteiger partial charge is 0.396 e. The van der Waals surface area contributed by atoms with Gasteiger partial charge in [0.1, 0.15) is 0 Å². The van der Waals surface area contributed by atoms with Crippen molar-refractivity contribution in [3.63, 3.8) is 0 Å². The summed E-state index contributed by atoms with van der Waals surface area (Å²) in [4.78, 5) is 4.45. The molecule has 1 fully saturated rings. The SMILES string of the molecule is Nc1cccn2nc(CC3CCOC3)nc12. The maximum Gasteiger partial charge on any atom is 0.178 e. The Labute approximate surface area is 93.2 Å². The molecule has 84 valence electrons. The van der Waals surface area contributed by atoms with Crippen molar-refractivity contribution in [1.82, 2.24) is 14.6 Å². The van der Waals surface area contributed by atoms with E-state index in [0.29, 0.717) is 11.6 Å². The van der Waals surface area contributed by atoms with Crippen molar-refractivity contribution in [1.29, 1.82) is 0 Å². The van der Waals surface area contributed by atoms with Crippen molar-refractivity contribution in [3.8, 4) is 0 Å². The molecule has 1 unspecified atom stereocenters. The maximum absolute atomic E-state index is 5.83. The summed E-state index contributed by atoms with van der Waals surface area (Å²) in [5.41, 5.74) is 7.25. The Balaban J connectivity index is 1.90. The van der Waals surface area contributed by atoms with Crippen molar-refractivity contribution in [2.24, 2.45) is 5.92 Å². The average Bonchev–Trinajstić information content (AvgIpc) is 2.88. The zero-order valence-electron chi connectivity index (χ0n) is 8.97. The summed E-state index contributed by atoms with van der Waals surface area (Å²) in [6.45, 7) is 1.69. The summed E-state index contributed by atoms with van der Waals surface area (Å²) >= 11 is 0. The van der Waals surface area contributed by atoms with Gasteiger partial charge in [0.25, 0.3) is 0 Å². The highest BCUT2D eigenvalue weighted by Crippen LogP contribution is 2.18. The number of nitrogen functional groups attached to an aromatic ring is 1. The summed E-state index contributed by atoms with van der Waals surface area (Å²) in [6.07, 6.45) is 3.85. The molecule has 1 saturated heterocycles. The van der Waals surface area contributed by atoms with Crippen LogP contribution in [-0.2, 0) is 11.2 Å². The van der Waals surface area contributed by atoms with Gasteiger partial charge in [-0.25, -0.2) is 9.50 Å². The third-order valence-electron chi connectivity index (χ3n) is 2.93. The smallest absolute Gasteiger partial charge is 0.178 e. The molecule has 2 N–H and O–H groups in total. The standard InChI is InChI=1S/C11H14N4O/c12-9-2-1-4-15-11(9)13-10(14-15)6-8-3-5-16-7-8/h1-2,4,8H,3,5-7,12H2. The summed E-state index contributed by atoms with van der Waals surface area (Å²) in [6, 6.07) is 3.71. The molecule has 1 atom stereocenters. The molecule has 5 heteroatoms. The summed E-state index contributed by atoms with van der Waals surface area (Å²) in [5, 5.41) is 4.41. The van der Waals surface area contributed by atoms with E-state index in [4.69, 9.17) is 10.5 Å². The molecule has 0 bridgehead atoms. The van der Waals surface area contributed by atoms with E-state index in [1.54, 1.807) is 4.52 Å². The highest BCUT2D eigenvalue weighted by molar-refractivity contribution is 5.63. The van der Waals surface area contributed by atoms with E-state index in [1.807, 2.05) is 18.3 Å². The van der Waals surface area contributed by atoms with Crippen LogP contribution in [0.4, 0.5) is 5.69 Å². The molecule has 0 saturated carbocycles. The van der Waals surface area contributed by atoms with Crippen molar-refractivity contribution >= 4 is 11.3 Å². The van der Waals surface area contributed by atoms with Crippen LogP contribution in [0.5, 0.6) is 0 Å². The number of rotatable bonds is 2. The number of ether oxygens (including phenoxy) is 1. The summed E-state index contributed by atoms with van der Waals surface area (Å²) < 4.78 is 7.08. The number of aromatic nitrogens is 3. The second-order valence-corrected chi connectivity index (χ2v) is 4.19. The minimum absolute atomic E-state index is 0.554. The molecular formula is C11H14N4O. The molecule has 1 aliphatic rings. The fraction of sp³-hybridized carbons (Fsp3) is 0.455. The molecule has 0 spiro atoms. The van der Waals surface area contributed by atoms with Gasteiger partial charge in [0.15, 0.2) is 11.5 Å². The van der Waals surface area contributed by atoms with Crippen molar-refractivity contribution in [2.75, 3.05) is 18.9 Å². The fourth-order valence-corrected chi connectivity index (χ4v) is 2.06. The van der Waals surface area contributed by atoms with Crippen LogP contribution in [0.25, 0.3) is 5.65 Å². The molecule has 3 rings (SSSR count). The number of nitrogens with two attached hydrogens (primary N) is 1. The molecule has 0 radical (unpaired) electrons. The summed E-state index contributed by atoms with van der Waals surface area (Å²) in [7, 11) is 0. The third kappa shape index (κ3) is 1.63. The van der Waals surface area contributed by atoms with E-state index in [-0.39, 0.29) is 0 Å². The van der Waals surface area contributed by atoms with Crippen LogP contribution in [0.1, 0.15) is 12.2 Å². The Bertz CT molecular complexity index is 502. The summed E-state index contributed by atoms with van der Waals surface area (Å²) in [5.74, 6) is 1.41. The van der Waals surface area contributed by atoms with Crippen molar-refractivity contribution in [3.05, 3.63) is 24.2 Å². The van der Waals surface area contributed by atoms with Crippen LogP contribution in [0.3, 0.4) is 0 Å². The Morgan fingerprint density at radius 3 is 3.25 bits per heavy atom. The van der Waals surface area contributed by atoms with Gasteiger partial charge in [0.2, 0.25) is 0 Å². The normalized spacial score (nSPS) is 20.6. The monoisotopic (exact) mass is 218 g/mol. The lowest BCUT2D eigenvalue weighted by atomic mass is 10.1. The molecule has 0 aliphatic carbocycles. The Hall–Kier alpha value is -1.62. The number of hydrogen-bond acceptors (Lipinski definition) is 4. The Morgan fingerprint density at radius 1 is 1.56 bits per heavy atom. The lowest BCUT2D eigenvalue weighted by Gasteiger charge is -2.01. The van der Waals surface area contributed by atoms with Crippen LogP contribution >= 0.6 is 0 Å². The topological polar surface area (TPSA) is 65.4 Å². The van der Waals surface area contributed by atoms with Gasteiger partial charge >= 0.3 is 0 Å². The molecular weight excluding hydrogens is 204 g/mol. The van der Waals surface area contributed by atoms with Gasteiger partial charge in [0.05, 0.1) is 5.69 Å². The molecule has 1 aliphatic heterocycles. The fourth-order valence-electron chi connectivity index (χ4n) is 2.06. The van der Waals surface area contributed by atoms with Gasteiger partial charge in [-0.1, -0.05) is 0 Å². The minimum Gasteiger partial charge on any atom is -0.396 e. The first kappa shape index (κ1) is 9.59. The third-order valence-corrected chi connectivity index (χ3v) is 2.93. The predicted molar refractivity (Wildman–Crippen MR) is 60.0 cm³/mol. The highest BCUT2D eigenvalue weighted by atomic mass is 16.5. The highest BCUT2D eigenvalue weighted by Gasteiger charge is 2.18. The zero-order valence-corrected chi connectivity index (χ0v) is 8.97. The average molecular weight is 218 g/mol. The zero-order chi connectivity index (χ0) is 11.0. The lowest BCUT2D eigenvalue weighted by molar-refractivity contribution is 0.185. The van der Waals surface area contributed by atoms with E-state index in [2.05, 4.69) is 10.1 Å². The molecule has 0 aromatic carbocycles. The van der Waals surface area contributed by atoms with Crippen molar-refractivity contribution in [2.45, 2.75) is 12.8 Å². The Kier molecular flexibility index (Phi) is 2.25. The number of hydrogen-bond donors (Lipinski definition) is 1. The van der Waals surface area contributed by atoms with Crippen LogP contribution < -0.4 is 5.73 Å². The van der Waals surface area contributed by atoms with E-state index in [9.17, 15) is 0 Å². The van der Waals surface area contributed by atoms with E-state index in [0.717, 1.165) is 37.5 Å². The minimum atomic E-state index is 0.554. The van der Waals surface area contributed by atoms with Gasteiger partial charge in [0, 0.05) is 25.8 Å². The quantitative estimate of drug-likeness (QED) is 0.813. The number of anilines is 1. The first-order valence-electron chi connectivity index (χ1n) is 5.50. The van der Waals surface area contributed by atoms with Gasteiger partial charge in [-0.15, -0.1) is 0 Å². The van der Waals surface area contributed by atoms with Gasteiger partial charge in [-0.2, -0.15) is 5.10 Å². The van der Waals surface area contributed by atoms with Crippen LogP contribution in [0.15, 0.2) is 18.3 Å². The molecule has 16 heavy (non-hydrogen) atoms. The number of pyridine rings is 1. The molecule has 0 amide bonds. The van der Waals surface area contributed by atoms with Gasteiger partial charge in [-0.05, 0) is 24.5 Å². The molecule has 3 heterocycles. The van der Waals surface area contributed by atoms with E-state index < -0.39 is 0 Å². The lowest BCUT2D eigenvalue weighted by Crippen LogP contribution is -2.05.